The van der Waals surface area contributed by atoms with Crippen molar-refractivity contribution in [3.8, 4) is 5.75 Å². The van der Waals surface area contributed by atoms with Crippen LogP contribution in [0.3, 0.4) is 0 Å². The number of hydrogen-bond acceptors (Lipinski definition) is 3. The highest BCUT2D eigenvalue weighted by Crippen LogP contribution is 2.58. The maximum absolute atomic E-state index is 13.7. The summed E-state index contributed by atoms with van der Waals surface area (Å²) >= 11 is 0. The van der Waals surface area contributed by atoms with Crippen LogP contribution < -0.4 is 9.64 Å². The van der Waals surface area contributed by atoms with Crippen LogP contribution in [-0.2, 0) is 9.59 Å². The zero-order valence-electron chi connectivity index (χ0n) is 18.9. The van der Waals surface area contributed by atoms with Crippen LogP contribution in [0.15, 0.2) is 103 Å². The Balaban J connectivity index is 1.42. The average Bonchev–Trinajstić information content (AvgIpc) is 3.51. The van der Waals surface area contributed by atoms with Gasteiger partial charge in [-0.2, -0.15) is 0 Å². The van der Waals surface area contributed by atoms with Crippen molar-refractivity contribution in [2.75, 3.05) is 11.5 Å². The van der Waals surface area contributed by atoms with Gasteiger partial charge in [-0.25, -0.2) is 4.90 Å². The van der Waals surface area contributed by atoms with Crippen molar-refractivity contribution in [1.29, 1.82) is 0 Å². The third-order valence-electron chi connectivity index (χ3n) is 7.24. The number of benzene rings is 3. The minimum absolute atomic E-state index is 0.0745. The number of nitrogens with zero attached hydrogens (tertiary/aromatic N) is 1. The first-order valence-electron chi connectivity index (χ1n) is 11.8. The predicted molar refractivity (Wildman–Crippen MR) is 132 cm³/mol. The molecule has 168 valence electrons. The number of carbonyl (C=O) groups excluding carboxylic acids is 2. The van der Waals surface area contributed by atoms with Crippen LogP contribution >= 0.6 is 0 Å². The quantitative estimate of drug-likeness (QED) is 0.383. The van der Waals surface area contributed by atoms with Crippen LogP contribution in [0, 0.1) is 23.7 Å². The van der Waals surface area contributed by atoms with Crippen LogP contribution in [0.4, 0.5) is 5.69 Å². The standard InChI is InChI=1S/C30H25NO3/c1-2-34-22-15-13-21(14-16-22)31-29(32)27-23-17-18-24(28(27)30(31)33)26(23)25(19-9-5-3-6-10-19)20-11-7-4-8-12-20/h3-18,23-24,27-28H,2H2,1H3/t23-,24+,27-,28-/m0/s1. The van der Waals surface area contributed by atoms with Gasteiger partial charge in [-0.05, 0) is 53.5 Å². The number of rotatable bonds is 5. The van der Waals surface area contributed by atoms with Crippen molar-refractivity contribution in [1.82, 2.24) is 0 Å². The summed E-state index contributed by atoms with van der Waals surface area (Å²) in [6, 6.07) is 27.8. The molecule has 2 fully saturated rings. The van der Waals surface area contributed by atoms with Crippen molar-refractivity contribution in [2.45, 2.75) is 6.92 Å². The molecular weight excluding hydrogens is 422 g/mol. The molecule has 0 spiro atoms. The van der Waals surface area contributed by atoms with Crippen molar-refractivity contribution in [3.63, 3.8) is 0 Å². The molecule has 3 aromatic rings. The molecule has 3 aromatic carbocycles. The maximum atomic E-state index is 13.7. The van der Waals surface area contributed by atoms with E-state index in [2.05, 4.69) is 36.4 Å². The van der Waals surface area contributed by atoms with Crippen molar-refractivity contribution in [2.24, 2.45) is 23.7 Å². The molecule has 0 aromatic heterocycles. The fraction of sp³-hybridized carbons (Fsp3) is 0.200. The number of hydrogen-bond donors (Lipinski definition) is 0. The molecule has 2 amide bonds. The number of allylic oxidation sites excluding steroid dienone is 3. The Bertz CT molecular complexity index is 1230. The third kappa shape index (κ3) is 3.06. The second kappa shape index (κ2) is 8.14. The molecule has 1 saturated carbocycles. The summed E-state index contributed by atoms with van der Waals surface area (Å²) in [7, 11) is 0. The lowest BCUT2D eigenvalue weighted by Crippen LogP contribution is -2.33. The van der Waals surface area contributed by atoms with Gasteiger partial charge in [-0.15, -0.1) is 0 Å². The minimum atomic E-state index is -0.355. The largest absolute Gasteiger partial charge is 0.494 e. The number of amides is 2. The van der Waals surface area contributed by atoms with Gasteiger partial charge in [0, 0.05) is 11.8 Å². The number of anilines is 1. The molecular formula is C30H25NO3. The highest BCUT2D eigenvalue weighted by Gasteiger charge is 2.62. The summed E-state index contributed by atoms with van der Waals surface area (Å²) < 4.78 is 5.52. The lowest BCUT2D eigenvalue weighted by atomic mass is 9.85. The van der Waals surface area contributed by atoms with Gasteiger partial charge in [0.1, 0.15) is 5.75 Å². The first-order valence-corrected chi connectivity index (χ1v) is 11.8. The highest BCUT2D eigenvalue weighted by molar-refractivity contribution is 6.23. The Morgan fingerprint density at radius 1 is 0.735 bits per heavy atom. The van der Waals surface area contributed by atoms with Gasteiger partial charge in [0.15, 0.2) is 0 Å². The van der Waals surface area contributed by atoms with E-state index < -0.39 is 0 Å². The van der Waals surface area contributed by atoms with E-state index in [0.29, 0.717) is 12.3 Å². The van der Waals surface area contributed by atoms with E-state index in [1.54, 1.807) is 12.1 Å². The summed E-state index contributed by atoms with van der Waals surface area (Å²) in [6.45, 7) is 2.50. The van der Waals surface area contributed by atoms with E-state index in [1.165, 1.54) is 10.5 Å². The fourth-order valence-corrected chi connectivity index (χ4v) is 5.92. The van der Waals surface area contributed by atoms with Crippen LogP contribution in [0.25, 0.3) is 5.57 Å². The topological polar surface area (TPSA) is 46.6 Å². The maximum Gasteiger partial charge on any atom is 0.238 e. The summed E-state index contributed by atoms with van der Waals surface area (Å²) in [5.74, 6) is -0.335. The normalized spacial score (nSPS) is 24.6. The summed E-state index contributed by atoms with van der Waals surface area (Å²) in [4.78, 5) is 28.7. The molecule has 1 aliphatic heterocycles. The second-order valence-corrected chi connectivity index (χ2v) is 8.99. The molecule has 0 unspecified atom stereocenters. The van der Waals surface area contributed by atoms with Gasteiger partial charge in [0.2, 0.25) is 11.8 Å². The zero-order chi connectivity index (χ0) is 23.2. The molecule has 1 saturated heterocycles. The Kier molecular flexibility index (Phi) is 4.95. The van der Waals surface area contributed by atoms with Crippen LogP contribution in [-0.4, -0.2) is 18.4 Å². The molecule has 4 nitrogen and oxygen atoms in total. The van der Waals surface area contributed by atoms with E-state index >= 15 is 0 Å². The van der Waals surface area contributed by atoms with Gasteiger partial charge < -0.3 is 4.74 Å². The molecule has 2 aliphatic carbocycles. The Hall–Kier alpha value is -3.92. The van der Waals surface area contributed by atoms with Gasteiger partial charge in [0.05, 0.1) is 24.1 Å². The Morgan fingerprint density at radius 3 is 1.71 bits per heavy atom. The molecule has 2 bridgehead atoms. The highest BCUT2D eigenvalue weighted by atomic mass is 16.5. The Labute approximate surface area is 199 Å². The van der Waals surface area contributed by atoms with E-state index in [0.717, 1.165) is 22.4 Å². The molecule has 3 aliphatic rings. The fourth-order valence-electron chi connectivity index (χ4n) is 5.92. The molecule has 34 heavy (non-hydrogen) atoms. The number of imide groups is 1. The van der Waals surface area contributed by atoms with E-state index in [9.17, 15) is 9.59 Å². The SMILES string of the molecule is CCOc1ccc(N2C(=O)[C@@H]3[C@@H](C2=O)[C@H]2C=C[C@@H]3C2=C(c2ccccc2)c2ccccc2)cc1. The Morgan fingerprint density at radius 2 is 1.24 bits per heavy atom. The van der Waals surface area contributed by atoms with Gasteiger partial charge in [-0.1, -0.05) is 72.8 Å². The van der Waals surface area contributed by atoms with E-state index in [4.69, 9.17) is 4.74 Å². The third-order valence-corrected chi connectivity index (χ3v) is 7.24. The van der Waals surface area contributed by atoms with Crippen molar-refractivity contribution in [3.05, 3.63) is 114 Å². The van der Waals surface area contributed by atoms with Crippen LogP contribution in [0.5, 0.6) is 5.75 Å². The van der Waals surface area contributed by atoms with Gasteiger partial charge in [-0.3, -0.25) is 9.59 Å². The first kappa shape index (κ1) is 20.7. The van der Waals surface area contributed by atoms with Gasteiger partial charge >= 0.3 is 0 Å². The van der Waals surface area contributed by atoms with Crippen molar-refractivity contribution < 1.29 is 14.3 Å². The van der Waals surface area contributed by atoms with E-state index in [-0.39, 0.29) is 35.5 Å². The van der Waals surface area contributed by atoms with Crippen molar-refractivity contribution >= 4 is 23.1 Å². The lowest BCUT2D eigenvalue weighted by molar-refractivity contribution is -0.122. The summed E-state index contributed by atoms with van der Waals surface area (Å²) in [5.41, 5.74) is 5.18. The summed E-state index contributed by atoms with van der Waals surface area (Å²) in [6.07, 6.45) is 4.28. The number of carbonyl (C=O) groups is 2. The molecule has 4 atom stereocenters. The molecule has 4 heteroatoms. The number of ether oxygens (including phenoxy) is 1. The van der Waals surface area contributed by atoms with Crippen LogP contribution in [0.2, 0.25) is 0 Å². The number of fused-ring (bicyclic) bond motifs is 5. The second-order valence-electron chi connectivity index (χ2n) is 8.99. The minimum Gasteiger partial charge on any atom is -0.494 e. The molecule has 6 rings (SSSR count). The molecule has 0 N–H and O–H groups in total. The lowest BCUT2D eigenvalue weighted by Gasteiger charge is -2.21. The van der Waals surface area contributed by atoms with Crippen LogP contribution in [0.1, 0.15) is 18.1 Å². The van der Waals surface area contributed by atoms with Gasteiger partial charge in [0.25, 0.3) is 0 Å². The van der Waals surface area contributed by atoms with E-state index in [1.807, 2.05) is 55.5 Å². The monoisotopic (exact) mass is 447 g/mol. The smallest absolute Gasteiger partial charge is 0.238 e. The zero-order valence-corrected chi connectivity index (χ0v) is 18.9. The summed E-state index contributed by atoms with van der Waals surface area (Å²) in [5, 5.41) is 0. The average molecular weight is 448 g/mol. The first-order chi connectivity index (χ1) is 16.7. The predicted octanol–water partition coefficient (Wildman–Crippen LogP) is 5.51. The molecule has 0 radical (unpaired) electrons. The molecule has 1 heterocycles.